The molecule has 0 saturated heterocycles. The van der Waals surface area contributed by atoms with Gasteiger partial charge in [0.25, 0.3) is 0 Å². The average Bonchev–Trinajstić information content (AvgIpc) is 3.15. The number of carboxylic acids is 1. The predicted molar refractivity (Wildman–Crippen MR) is 71.9 cm³/mol. The maximum atomic E-state index is 12.2. The summed E-state index contributed by atoms with van der Waals surface area (Å²) in [7, 11) is 0. The molecular formula is C14H24N2O3. The highest BCUT2D eigenvalue weighted by atomic mass is 16.4. The van der Waals surface area contributed by atoms with Crippen LogP contribution in [0.2, 0.25) is 0 Å². The lowest BCUT2D eigenvalue weighted by atomic mass is 10.0. The molecule has 2 aliphatic carbocycles. The van der Waals surface area contributed by atoms with Gasteiger partial charge in [-0.15, -0.1) is 0 Å². The summed E-state index contributed by atoms with van der Waals surface area (Å²) in [6, 6.07) is 0.165. The van der Waals surface area contributed by atoms with Crippen molar-refractivity contribution in [3.63, 3.8) is 0 Å². The number of hydrogen-bond acceptors (Lipinski definition) is 2. The van der Waals surface area contributed by atoms with Gasteiger partial charge < -0.3 is 15.3 Å². The summed E-state index contributed by atoms with van der Waals surface area (Å²) in [6.07, 6.45) is 7.42. The topological polar surface area (TPSA) is 69.6 Å². The van der Waals surface area contributed by atoms with E-state index in [0.29, 0.717) is 0 Å². The lowest BCUT2D eigenvalue weighted by molar-refractivity contribution is -0.137. The normalized spacial score (nSPS) is 27.4. The summed E-state index contributed by atoms with van der Waals surface area (Å²) < 4.78 is 0. The maximum Gasteiger partial charge on any atom is 0.323 e. The summed E-state index contributed by atoms with van der Waals surface area (Å²) in [5.74, 6) is -0.197. The molecule has 5 nitrogen and oxygen atoms in total. The highest BCUT2D eigenvalue weighted by molar-refractivity contribution is 5.80. The molecule has 2 amide bonds. The minimum absolute atomic E-state index is 0.140. The first kappa shape index (κ1) is 14.2. The number of nitrogens with zero attached hydrogens (tertiary/aromatic N) is 1. The molecule has 108 valence electrons. The van der Waals surface area contributed by atoms with Gasteiger partial charge >= 0.3 is 12.0 Å². The fourth-order valence-corrected chi connectivity index (χ4v) is 2.79. The van der Waals surface area contributed by atoms with E-state index in [4.69, 9.17) is 5.11 Å². The van der Waals surface area contributed by atoms with Crippen LogP contribution in [0, 0.1) is 5.92 Å². The fourth-order valence-electron chi connectivity index (χ4n) is 2.79. The van der Waals surface area contributed by atoms with E-state index in [1.165, 1.54) is 11.3 Å². The predicted octanol–water partition coefficient (Wildman–Crippen LogP) is 2.21. The molecule has 0 heterocycles. The Kier molecular flexibility index (Phi) is 4.66. The van der Waals surface area contributed by atoms with Gasteiger partial charge in [0.15, 0.2) is 0 Å². The van der Waals surface area contributed by atoms with E-state index < -0.39 is 5.97 Å². The van der Waals surface area contributed by atoms with Crippen LogP contribution in [0.5, 0.6) is 0 Å². The molecule has 2 aliphatic rings. The molecule has 2 rings (SSSR count). The van der Waals surface area contributed by atoms with Crippen LogP contribution < -0.4 is 5.32 Å². The van der Waals surface area contributed by atoms with Gasteiger partial charge in [0.2, 0.25) is 0 Å². The Hall–Kier alpha value is -1.26. The monoisotopic (exact) mass is 268 g/mol. The number of nitrogens with one attached hydrogen (secondary N) is 1. The average molecular weight is 268 g/mol. The van der Waals surface area contributed by atoms with E-state index in [0.717, 1.165) is 44.4 Å². The van der Waals surface area contributed by atoms with Gasteiger partial charge in [-0.1, -0.05) is 19.8 Å². The van der Waals surface area contributed by atoms with Crippen molar-refractivity contribution in [2.75, 3.05) is 6.54 Å². The standard InChI is InChI=1S/C14H24N2O3/c1-10-3-2-4-11(6-5-10)15-14(19)16(9-13(17)18)12-7-8-12/h10-12H,2-9H2,1H3,(H,15,19)(H,17,18). The van der Waals surface area contributed by atoms with Gasteiger partial charge in [-0.2, -0.15) is 0 Å². The molecule has 2 atom stereocenters. The van der Waals surface area contributed by atoms with Crippen LogP contribution in [-0.4, -0.2) is 40.6 Å². The number of carboxylic acid groups (broad SMARTS) is 1. The van der Waals surface area contributed by atoms with E-state index >= 15 is 0 Å². The minimum Gasteiger partial charge on any atom is -0.480 e. The summed E-state index contributed by atoms with van der Waals surface area (Å²) in [6.45, 7) is 2.07. The van der Waals surface area contributed by atoms with E-state index in [1.54, 1.807) is 0 Å². The summed E-state index contributed by atoms with van der Waals surface area (Å²) >= 11 is 0. The SMILES string of the molecule is CC1CCCC(NC(=O)N(CC(=O)O)C2CC2)CC1. The number of rotatable bonds is 4. The quantitative estimate of drug-likeness (QED) is 0.768. The number of hydrogen-bond donors (Lipinski definition) is 2. The lowest BCUT2D eigenvalue weighted by Crippen LogP contribution is -2.47. The van der Waals surface area contributed by atoms with Crippen LogP contribution in [0.1, 0.15) is 51.9 Å². The largest absolute Gasteiger partial charge is 0.480 e. The van der Waals surface area contributed by atoms with Crippen molar-refractivity contribution in [3.05, 3.63) is 0 Å². The Morgan fingerprint density at radius 1 is 1.16 bits per heavy atom. The highest BCUT2D eigenvalue weighted by Crippen LogP contribution is 2.27. The molecule has 2 N–H and O–H groups in total. The van der Waals surface area contributed by atoms with E-state index in [2.05, 4.69) is 12.2 Å². The second-order valence-electron chi connectivity index (χ2n) is 6.01. The Labute approximate surface area is 114 Å². The molecule has 19 heavy (non-hydrogen) atoms. The van der Waals surface area contributed by atoms with Crippen molar-refractivity contribution < 1.29 is 14.7 Å². The van der Waals surface area contributed by atoms with Crippen molar-refractivity contribution in [1.29, 1.82) is 0 Å². The number of aliphatic carboxylic acids is 1. The Morgan fingerprint density at radius 3 is 2.53 bits per heavy atom. The molecule has 0 spiro atoms. The van der Waals surface area contributed by atoms with Crippen molar-refractivity contribution in [3.8, 4) is 0 Å². The van der Waals surface area contributed by atoms with Crippen LogP contribution in [0.4, 0.5) is 4.79 Å². The van der Waals surface area contributed by atoms with Gasteiger partial charge in [-0.25, -0.2) is 4.79 Å². The van der Waals surface area contributed by atoms with Crippen LogP contribution in [0.15, 0.2) is 0 Å². The van der Waals surface area contributed by atoms with E-state index in [-0.39, 0.29) is 24.7 Å². The zero-order valence-electron chi connectivity index (χ0n) is 11.6. The second kappa shape index (κ2) is 6.26. The van der Waals surface area contributed by atoms with Crippen molar-refractivity contribution >= 4 is 12.0 Å². The number of carbonyl (C=O) groups is 2. The van der Waals surface area contributed by atoms with Crippen LogP contribution in [0.3, 0.4) is 0 Å². The van der Waals surface area contributed by atoms with E-state index in [9.17, 15) is 9.59 Å². The number of urea groups is 1. The molecule has 5 heteroatoms. The number of carbonyl (C=O) groups excluding carboxylic acids is 1. The van der Waals surface area contributed by atoms with Crippen molar-refractivity contribution in [2.45, 2.75) is 64.0 Å². The highest BCUT2D eigenvalue weighted by Gasteiger charge is 2.34. The smallest absolute Gasteiger partial charge is 0.323 e. The third-order valence-corrected chi connectivity index (χ3v) is 4.14. The summed E-state index contributed by atoms with van der Waals surface area (Å²) in [5.41, 5.74) is 0. The third-order valence-electron chi connectivity index (χ3n) is 4.14. The zero-order chi connectivity index (χ0) is 13.8. The van der Waals surface area contributed by atoms with Gasteiger partial charge in [0, 0.05) is 12.1 Å². The first-order chi connectivity index (χ1) is 9.06. The summed E-state index contributed by atoms with van der Waals surface area (Å²) in [4.78, 5) is 24.5. The van der Waals surface area contributed by atoms with Crippen LogP contribution >= 0.6 is 0 Å². The Morgan fingerprint density at radius 2 is 1.89 bits per heavy atom. The molecule has 0 aromatic heterocycles. The Balaban J connectivity index is 1.85. The minimum atomic E-state index is -0.934. The molecule has 0 aromatic carbocycles. The van der Waals surface area contributed by atoms with E-state index in [1.807, 2.05) is 0 Å². The fraction of sp³-hybridized carbons (Fsp3) is 0.857. The molecule has 0 aromatic rings. The van der Waals surface area contributed by atoms with Gasteiger partial charge in [-0.05, 0) is 38.0 Å². The second-order valence-corrected chi connectivity index (χ2v) is 6.01. The van der Waals surface area contributed by atoms with Gasteiger partial charge in [-0.3, -0.25) is 4.79 Å². The number of amides is 2. The van der Waals surface area contributed by atoms with Gasteiger partial charge in [0.1, 0.15) is 6.54 Å². The molecule has 0 radical (unpaired) electrons. The molecule has 0 bridgehead atoms. The van der Waals surface area contributed by atoms with Crippen molar-refractivity contribution in [1.82, 2.24) is 10.2 Å². The van der Waals surface area contributed by atoms with Crippen molar-refractivity contribution in [2.24, 2.45) is 5.92 Å². The van der Waals surface area contributed by atoms with Gasteiger partial charge in [0.05, 0.1) is 0 Å². The molecule has 0 aliphatic heterocycles. The molecule has 2 unspecified atom stereocenters. The molecular weight excluding hydrogens is 244 g/mol. The van der Waals surface area contributed by atoms with Crippen LogP contribution in [-0.2, 0) is 4.79 Å². The van der Waals surface area contributed by atoms with Crippen LogP contribution in [0.25, 0.3) is 0 Å². The summed E-state index contributed by atoms with van der Waals surface area (Å²) in [5, 5.41) is 11.9. The molecule has 2 saturated carbocycles. The lowest BCUT2D eigenvalue weighted by Gasteiger charge is -2.24. The first-order valence-corrected chi connectivity index (χ1v) is 7.35. The molecule has 2 fully saturated rings. The Bertz CT molecular complexity index is 342. The maximum absolute atomic E-state index is 12.2. The first-order valence-electron chi connectivity index (χ1n) is 7.35. The third kappa shape index (κ3) is 4.40. The zero-order valence-corrected chi connectivity index (χ0v) is 11.6.